The van der Waals surface area contributed by atoms with Crippen LogP contribution in [0.15, 0.2) is 48.9 Å². The molecule has 0 saturated heterocycles. The van der Waals surface area contributed by atoms with E-state index in [0.717, 1.165) is 47.2 Å². The van der Waals surface area contributed by atoms with Crippen LogP contribution in [0.4, 0.5) is 8.78 Å². The highest BCUT2D eigenvalue weighted by Crippen LogP contribution is 2.53. The van der Waals surface area contributed by atoms with Crippen molar-refractivity contribution >= 4 is 11.4 Å². The zero-order valence-corrected chi connectivity index (χ0v) is 19.7. The van der Waals surface area contributed by atoms with Gasteiger partial charge in [-0.15, -0.1) is 0 Å². The molecule has 1 fully saturated rings. The van der Waals surface area contributed by atoms with Crippen LogP contribution in [-0.2, 0) is 5.54 Å². The Morgan fingerprint density at radius 3 is 2.58 bits per heavy atom. The molecule has 2 bridgehead atoms. The maximum absolute atomic E-state index is 14.1. The molecule has 7 nitrogen and oxygen atoms in total. The zero-order valence-electron chi connectivity index (χ0n) is 19.7. The van der Waals surface area contributed by atoms with E-state index in [1.807, 2.05) is 18.3 Å². The molecule has 1 saturated carbocycles. The Balaban J connectivity index is 1.38. The average Bonchev–Trinajstić information content (AvgIpc) is 3.40. The number of carbonyl (C=O) groups excluding carboxylic acids is 1. The highest BCUT2D eigenvalue weighted by Gasteiger charge is 2.46. The third-order valence-corrected chi connectivity index (χ3v) is 8.24. The molecule has 2 atom stereocenters. The minimum absolute atomic E-state index is 0.0843. The van der Waals surface area contributed by atoms with Crippen molar-refractivity contribution in [2.75, 3.05) is 7.05 Å². The maximum atomic E-state index is 14.1. The molecule has 2 N–H and O–H groups in total. The summed E-state index contributed by atoms with van der Waals surface area (Å²) in [5, 5.41) is 4.80. The Bertz CT molecular complexity index is 1540. The van der Waals surface area contributed by atoms with Crippen LogP contribution in [0.5, 0.6) is 0 Å². The molecular formula is C27H24F2N6O. The van der Waals surface area contributed by atoms with Gasteiger partial charge in [0.15, 0.2) is 0 Å². The number of fused-ring (bicyclic) bond motifs is 9. The first-order valence-corrected chi connectivity index (χ1v) is 12.2. The zero-order chi connectivity index (χ0) is 24.8. The van der Waals surface area contributed by atoms with Crippen LogP contribution in [0.2, 0.25) is 0 Å². The van der Waals surface area contributed by atoms with Crippen LogP contribution in [0, 0.1) is 0 Å². The number of benzene rings is 1. The van der Waals surface area contributed by atoms with E-state index in [1.54, 1.807) is 41.0 Å². The predicted octanol–water partition coefficient (Wildman–Crippen LogP) is 4.73. The van der Waals surface area contributed by atoms with Crippen molar-refractivity contribution in [3.05, 3.63) is 82.7 Å². The molecule has 182 valence electrons. The van der Waals surface area contributed by atoms with Gasteiger partial charge in [0.25, 0.3) is 12.3 Å². The molecular weight excluding hydrogens is 462 g/mol. The van der Waals surface area contributed by atoms with Crippen molar-refractivity contribution in [1.82, 2.24) is 24.5 Å². The molecule has 0 radical (unpaired) electrons. The van der Waals surface area contributed by atoms with Gasteiger partial charge in [0.1, 0.15) is 5.82 Å². The van der Waals surface area contributed by atoms with E-state index in [9.17, 15) is 13.6 Å². The molecule has 36 heavy (non-hydrogen) atoms. The predicted molar refractivity (Wildman–Crippen MR) is 129 cm³/mol. The molecule has 0 spiro atoms. The van der Waals surface area contributed by atoms with Gasteiger partial charge in [0.2, 0.25) is 0 Å². The number of pyridine rings is 1. The summed E-state index contributed by atoms with van der Waals surface area (Å²) in [5.74, 6) is 0.0728. The Labute approximate surface area is 206 Å². The lowest BCUT2D eigenvalue weighted by atomic mass is 9.77. The van der Waals surface area contributed by atoms with Gasteiger partial charge in [-0.25, -0.2) is 23.3 Å². The first-order chi connectivity index (χ1) is 17.4. The number of amides is 1. The molecule has 3 aromatic heterocycles. The Morgan fingerprint density at radius 2 is 1.89 bits per heavy atom. The summed E-state index contributed by atoms with van der Waals surface area (Å²) < 4.78 is 30.0. The van der Waals surface area contributed by atoms with Crippen LogP contribution in [0.25, 0.3) is 16.6 Å². The molecule has 4 heterocycles. The SMILES string of the molecule is CN1C(=O)c2cccc(C(F)F)c2[C@H]2C[C@@H]1c1nn3ccc(-c4cnc(C5(N)CCC5)nc4)cc3c12. The van der Waals surface area contributed by atoms with Gasteiger partial charge >= 0.3 is 0 Å². The topological polar surface area (TPSA) is 89.4 Å². The van der Waals surface area contributed by atoms with Crippen LogP contribution in [0.1, 0.15) is 82.6 Å². The average molecular weight is 487 g/mol. The fraction of sp³-hybridized carbons (Fsp3) is 0.333. The van der Waals surface area contributed by atoms with Crippen LogP contribution in [-0.4, -0.2) is 37.4 Å². The number of halogens is 2. The van der Waals surface area contributed by atoms with Crippen molar-refractivity contribution in [2.24, 2.45) is 5.73 Å². The van der Waals surface area contributed by atoms with Crippen molar-refractivity contribution in [2.45, 2.75) is 49.6 Å². The van der Waals surface area contributed by atoms with Gasteiger partial charge in [-0.2, -0.15) is 5.10 Å². The van der Waals surface area contributed by atoms with Crippen LogP contribution in [0.3, 0.4) is 0 Å². The number of hydrogen-bond acceptors (Lipinski definition) is 5. The van der Waals surface area contributed by atoms with Crippen molar-refractivity contribution in [1.29, 1.82) is 0 Å². The highest BCUT2D eigenvalue weighted by atomic mass is 19.3. The molecule has 1 aromatic carbocycles. The lowest BCUT2D eigenvalue weighted by molar-refractivity contribution is 0.0734. The largest absolute Gasteiger partial charge is 0.333 e. The van der Waals surface area contributed by atoms with E-state index in [-0.39, 0.29) is 23.4 Å². The van der Waals surface area contributed by atoms with E-state index < -0.39 is 12.0 Å². The number of rotatable bonds is 3. The second-order valence-electron chi connectivity index (χ2n) is 10.2. The van der Waals surface area contributed by atoms with Gasteiger partial charge in [0, 0.05) is 53.8 Å². The molecule has 7 rings (SSSR count). The second-order valence-corrected chi connectivity index (χ2v) is 10.2. The summed E-state index contributed by atoms with van der Waals surface area (Å²) in [6, 6.07) is 8.30. The van der Waals surface area contributed by atoms with E-state index in [2.05, 4.69) is 9.97 Å². The minimum Gasteiger partial charge on any atom is -0.333 e. The lowest BCUT2D eigenvalue weighted by Gasteiger charge is -2.36. The van der Waals surface area contributed by atoms with E-state index in [1.165, 1.54) is 6.07 Å². The number of aromatic nitrogens is 4. The first-order valence-electron chi connectivity index (χ1n) is 12.2. The summed E-state index contributed by atoms with van der Waals surface area (Å²) >= 11 is 0. The smallest absolute Gasteiger partial charge is 0.264 e. The number of alkyl halides is 2. The summed E-state index contributed by atoms with van der Waals surface area (Å²) in [5.41, 5.74) is 10.9. The standard InChI is InChI=1S/C27H24F2N6O/c1-34-20-11-18(21-16(24(28)29)4-2-5-17(21)25(34)36)22-19-10-14(6-9-35(19)33-23(20)22)15-12-31-26(32-13-15)27(30)7-3-8-27/h2,4-6,9-10,12-13,18,20,24H,3,7-8,11,30H2,1H3/t18-,20-/m1/s1. The van der Waals surface area contributed by atoms with E-state index >= 15 is 0 Å². The van der Waals surface area contributed by atoms with Gasteiger partial charge in [-0.1, -0.05) is 12.1 Å². The Hall–Kier alpha value is -3.72. The second kappa shape index (κ2) is 7.39. The van der Waals surface area contributed by atoms with Gasteiger partial charge in [-0.3, -0.25) is 4.79 Å². The van der Waals surface area contributed by atoms with Crippen molar-refractivity contribution in [3.8, 4) is 11.1 Å². The molecule has 0 unspecified atom stereocenters. The molecule has 1 aliphatic heterocycles. The maximum Gasteiger partial charge on any atom is 0.264 e. The number of nitrogens with two attached hydrogens (primary N) is 1. The normalized spacial score (nSPS) is 21.9. The summed E-state index contributed by atoms with van der Waals surface area (Å²) in [6.45, 7) is 0. The summed E-state index contributed by atoms with van der Waals surface area (Å²) in [6.07, 6.45) is 6.17. The Morgan fingerprint density at radius 1 is 1.11 bits per heavy atom. The third kappa shape index (κ3) is 2.86. The highest BCUT2D eigenvalue weighted by molar-refractivity contribution is 5.98. The fourth-order valence-corrected chi connectivity index (χ4v) is 6.12. The number of carbonyl (C=O) groups is 1. The van der Waals surface area contributed by atoms with Gasteiger partial charge in [0.05, 0.1) is 22.8 Å². The number of nitrogens with zero attached hydrogens (tertiary/aromatic N) is 5. The van der Waals surface area contributed by atoms with Crippen molar-refractivity contribution < 1.29 is 13.6 Å². The molecule has 9 heteroatoms. The van der Waals surface area contributed by atoms with Crippen LogP contribution < -0.4 is 5.73 Å². The molecule has 3 aliphatic rings. The molecule has 2 aliphatic carbocycles. The minimum atomic E-state index is -2.67. The van der Waals surface area contributed by atoms with E-state index in [4.69, 9.17) is 10.8 Å². The quantitative estimate of drug-likeness (QED) is 0.452. The van der Waals surface area contributed by atoms with Gasteiger partial charge < -0.3 is 10.6 Å². The third-order valence-electron chi connectivity index (χ3n) is 8.24. The summed E-state index contributed by atoms with van der Waals surface area (Å²) in [7, 11) is 1.73. The fourth-order valence-electron chi connectivity index (χ4n) is 6.12. The summed E-state index contributed by atoms with van der Waals surface area (Å²) in [4.78, 5) is 23.9. The Kier molecular flexibility index (Phi) is 4.43. The molecule has 4 aromatic rings. The lowest BCUT2D eigenvalue weighted by Crippen LogP contribution is -2.44. The van der Waals surface area contributed by atoms with Gasteiger partial charge in [-0.05, 0) is 55.0 Å². The number of hydrogen-bond donors (Lipinski definition) is 1. The monoisotopic (exact) mass is 486 g/mol. The van der Waals surface area contributed by atoms with Crippen LogP contribution >= 0.6 is 0 Å². The van der Waals surface area contributed by atoms with E-state index in [0.29, 0.717) is 23.4 Å². The first kappa shape index (κ1) is 21.6. The van der Waals surface area contributed by atoms with Crippen molar-refractivity contribution in [3.63, 3.8) is 0 Å². The molecule has 1 amide bonds.